The third-order valence-corrected chi connectivity index (χ3v) is 9.17. The second-order valence-corrected chi connectivity index (χ2v) is 10.2. The van der Waals surface area contributed by atoms with Gasteiger partial charge in [-0.3, -0.25) is 9.59 Å². The van der Waals surface area contributed by atoms with Gasteiger partial charge < -0.3 is 14.9 Å². The van der Waals surface area contributed by atoms with Crippen molar-refractivity contribution in [3.05, 3.63) is 11.6 Å². The Hall–Kier alpha value is -1.20. The molecule has 28 heavy (non-hydrogen) atoms. The number of esters is 1. The van der Waals surface area contributed by atoms with Crippen molar-refractivity contribution in [1.29, 1.82) is 0 Å². The van der Waals surface area contributed by atoms with E-state index in [4.69, 9.17) is 4.74 Å². The second kappa shape index (κ2) is 6.66. The Morgan fingerprint density at radius 3 is 2.61 bits per heavy atom. The van der Waals surface area contributed by atoms with Gasteiger partial charge in [0.05, 0.1) is 5.60 Å². The maximum atomic E-state index is 12.0. The van der Waals surface area contributed by atoms with E-state index in [-0.39, 0.29) is 23.2 Å². The van der Waals surface area contributed by atoms with Gasteiger partial charge in [-0.05, 0) is 74.2 Å². The van der Waals surface area contributed by atoms with Gasteiger partial charge in [-0.1, -0.05) is 19.4 Å². The monoisotopic (exact) mass is 390 g/mol. The summed E-state index contributed by atoms with van der Waals surface area (Å²) in [5.74, 6) is 1.27. The smallest absolute Gasteiger partial charge is 0.302 e. The molecule has 4 aliphatic rings. The van der Waals surface area contributed by atoms with Crippen LogP contribution in [0.3, 0.4) is 0 Å². The predicted octanol–water partition coefficient (Wildman–Crippen LogP) is 3.17. The van der Waals surface area contributed by atoms with Crippen molar-refractivity contribution in [3.8, 4) is 0 Å². The Morgan fingerprint density at radius 2 is 1.89 bits per heavy atom. The maximum absolute atomic E-state index is 12.0. The largest absolute Gasteiger partial charge is 0.463 e. The van der Waals surface area contributed by atoms with E-state index in [1.165, 1.54) is 12.5 Å². The topological polar surface area (TPSA) is 83.8 Å². The number of fused-ring (bicyclic) bond motifs is 5. The number of aliphatic hydroxyl groups excluding tert-OH is 1. The highest BCUT2D eigenvalue weighted by Gasteiger charge is 2.65. The van der Waals surface area contributed by atoms with Crippen LogP contribution in [0.25, 0.3) is 0 Å². The van der Waals surface area contributed by atoms with E-state index in [0.717, 1.165) is 38.5 Å². The fourth-order valence-electron chi connectivity index (χ4n) is 7.49. The van der Waals surface area contributed by atoms with Crippen molar-refractivity contribution >= 4 is 11.8 Å². The Morgan fingerprint density at radius 1 is 1.18 bits per heavy atom. The lowest BCUT2D eigenvalue weighted by Gasteiger charge is -2.59. The van der Waals surface area contributed by atoms with Crippen molar-refractivity contribution in [3.63, 3.8) is 0 Å². The van der Waals surface area contributed by atoms with Crippen LogP contribution in [0.2, 0.25) is 0 Å². The van der Waals surface area contributed by atoms with Crippen molar-refractivity contribution in [2.45, 2.75) is 83.8 Å². The fraction of sp³-hybridized carbons (Fsp3) is 0.826. The van der Waals surface area contributed by atoms with E-state index in [1.807, 2.05) is 6.08 Å². The van der Waals surface area contributed by atoms with Crippen LogP contribution < -0.4 is 0 Å². The summed E-state index contributed by atoms with van der Waals surface area (Å²) in [5.41, 5.74) is -0.125. The van der Waals surface area contributed by atoms with Crippen LogP contribution in [-0.2, 0) is 14.3 Å². The molecular formula is C23H34O5. The fourth-order valence-corrected chi connectivity index (χ4v) is 7.49. The van der Waals surface area contributed by atoms with Crippen molar-refractivity contribution in [2.75, 3.05) is 6.61 Å². The highest BCUT2D eigenvalue weighted by atomic mass is 16.5. The van der Waals surface area contributed by atoms with Gasteiger partial charge in [-0.2, -0.15) is 0 Å². The first-order valence-corrected chi connectivity index (χ1v) is 10.9. The number of carbonyl (C=O) groups is 2. The summed E-state index contributed by atoms with van der Waals surface area (Å²) < 4.78 is 5.02. The number of hydrogen-bond donors (Lipinski definition) is 2. The average molecular weight is 391 g/mol. The van der Waals surface area contributed by atoms with Crippen molar-refractivity contribution in [1.82, 2.24) is 0 Å². The summed E-state index contributed by atoms with van der Waals surface area (Å²) in [6.45, 7) is 5.66. The van der Waals surface area contributed by atoms with Crippen LogP contribution in [0.4, 0.5) is 0 Å². The number of rotatable bonds is 3. The summed E-state index contributed by atoms with van der Waals surface area (Å²) in [7, 11) is 0. The van der Waals surface area contributed by atoms with Crippen molar-refractivity contribution in [2.24, 2.45) is 28.6 Å². The van der Waals surface area contributed by atoms with Crippen LogP contribution in [0.5, 0.6) is 0 Å². The molecule has 0 aromatic heterocycles. The number of carbonyl (C=O) groups excluding carboxylic acids is 2. The molecule has 0 aromatic carbocycles. The number of hydrogen-bond acceptors (Lipinski definition) is 5. The van der Waals surface area contributed by atoms with Gasteiger partial charge in [-0.15, -0.1) is 0 Å². The lowest BCUT2D eigenvalue weighted by Crippen LogP contribution is -2.59. The van der Waals surface area contributed by atoms with Crippen LogP contribution >= 0.6 is 0 Å². The van der Waals surface area contributed by atoms with Gasteiger partial charge in [0, 0.05) is 18.8 Å². The molecule has 0 spiro atoms. The molecule has 0 amide bonds. The summed E-state index contributed by atoms with van der Waals surface area (Å²) >= 11 is 0. The number of allylic oxidation sites excluding steroid dienone is 1. The molecule has 2 N–H and O–H groups in total. The number of aliphatic hydroxyl groups is 2. The Bertz CT molecular complexity index is 714. The normalized spacial score (nSPS) is 46.1. The molecular weight excluding hydrogens is 356 g/mol. The van der Waals surface area contributed by atoms with Gasteiger partial charge in [0.1, 0.15) is 12.7 Å². The molecule has 4 rings (SSSR count). The molecule has 0 aliphatic heterocycles. The molecule has 3 saturated carbocycles. The van der Waals surface area contributed by atoms with Crippen LogP contribution in [0.1, 0.15) is 72.1 Å². The lowest BCUT2D eigenvalue weighted by atomic mass is 9.46. The van der Waals surface area contributed by atoms with Gasteiger partial charge in [0.2, 0.25) is 0 Å². The molecule has 5 nitrogen and oxygen atoms in total. The minimum atomic E-state index is -1.21. The molecule has 0 bridgehead atoms. The summed E-state index contributed by atoms with van der Waals surface area (Å²) in [5, 5.41) is 22.3. The molecule has 0 saturated heterocycles. The third kappa shape index (κ3) is 2.72. The van der Waals surface area contributed by atoms with Crippen LogP contribution in [0.15, 0.2) is 11.6 Å². The highest BCUT2D eigenvalue weighted by molar-refractivity contribution is 5.91. The van der Waals surface area contributed by atoms with Gasteiger partial charge in [0.25, 0.3) is 0 Å². The Balaban J connectivity index is 1.59. The summed E-state index contributed by atoms with van der Waals surface area (Å²) in [6.07, 6.45) is 7.84. The van der Waals surface area contributed by atoms with E-state index in [0.29, 0.717) is 30.6 Å². The first-order valence-electron chi connectivity index (χ1n) is 10.9. The molecule has 156 valence electrons. The van der Waals surface area contributed by atoms with E-state index in [2.05, 4.69) is 13.8 Å². The molecule has 3 fully saturated rings. The Labute approximate surface area is 167 Å². The van der Waals surface area contributed by atoms with Gasteiger partial charge in [-0.25, -0.2) is 0 Å². The van der Waals surface area contributed by atoms with E-state index >= 15 is 0 Å². The molecule has 0 radical (unpaired) electrons. The number of ketones is 1. The van der Waals surface area contributed by atoms with Crippen LogP contribution in [0, 0.1) is 28.6 Å². The zero-order chi connectivity index (χ0) is 20.3. The summed E-state index contributed by atoms with van der Waals surface area (Å²) in [6, 6.07) is 0. The molecule has 0 heterocycles. The van der Waals surface area contributed by atoms with Crippen LogP contribution in [-0.4, -0.2) is 40.3 Å². The zero-order valence-corrected chi connectivity index (χ0v) is 17.4. The first-order chi connectivity index (χ1) is 13.1. The van der Waals surface area contributed by atoms with Crippen molar-refractivity contribution < 1.29 is 24.5 Å². The maximum Gasteiger partial charge on any atom is 0.302 e. The third-order valence-electron chi connectivity index (χ3n) is 9.17. The van der Waals surface area contributed by atoms with E-state index in [1.54, 1.807) is 0 Å². The zero-order valence-electron chi connectivity index (χ0n) is 17.4. The summed E-state index contributed by atoms with van der Waals surface area (Å²) in [4.78, 5) is 23.1. The molecule has 0 aromatic rings. The average Bonchev–Trinajstić information content (AvgIpc) is 2.92. The minimum absolute atomic E-state index is 0.106. The Kier molecular flexibility index (Phi) is 4.78. The van der Waals surface area contributed by atoms with Gasteiger partial charge in [0.15, 0.2) is 5.78 Å². The van der Waals surface area contributed by atoms with Gasteiger partial charge >= 0.3 is 5.97 Å². The minimum Gasteiger partial charge on any atom is -0.463 e. The standard InChI is InChI=1S/C23H34O5/c1-14(24)28-13-20(26)23(27)11-8-19-17-5-4-15-12-16(25)6-9-21(15,2)18(17)7-10-22(19,23)3/h12,17-20,26-27H,4-11,13H2,1-3H3/t17-,18+,19+,20+,21+,22+,23+/m1/s1. The van der Waals surface area contributed by atoms with E-state index in [9.17, 15) is 19.8 Å². The first kappa shape index (κ1) is 20.1. The van der Waals surface area contributed by atoms with E-state index < -0.39 is 17.7 Å². The molecule has 0 unspecified atom stereocenters. The second-order valence-electron chi connectivity index (χ2n) is 10.2. The number of ether oxygens (including phenoxy) is 1. The lowest BCUT2D eigenvalue weighted by molar-refractivity contribution is -0.191. The predicted molar refractivity (Wildman–Crippen MR) is 104 cm³/mol. The molecule has 4 aliphatic carbocycles. The SMILES string of the molecule is CC(=O)OC[C@H](O)[C@@]1(O)CC[C@H]2[C@@H]3CCC4=CC(=O)CC[C@]4(C)[C@H]3CC[C@@]21C. The highest BCUT2D eigenvalue weighted by Crippen LogP contribution is 2.68. The molecule has 5 heteroatoms. The quantitative estimate of drug-likeness (QED) is 0.723. The molecule has 7 atom stereocenters.